The van der Waals surface area contributed by atoms with Crippen LogP contribution in [0.15, 0.2) is 53.7 Å². The van der Waals surface area contributed by atoms with Gasteiger partial charge in [-0.3, -0.25) is 4.90 Å². The van der Waals surface area contributed by atoms with Gasteiger partial charge in [0.25, 0.3) is 0 Å². The zero-order valence-corrected chi connectivity index (χ0v) is 21.0. The molecule has 1 aliphatic carbocycles. The van der Waals surface area contributed by atoms with E-state index in [0.29, 0.717) is 11.5 Å². The Bertz CT molecular complexity index is 1190. The summed E-state index contributed by atoms with van der Waals surface area (Å²) >= 11 is 1.71. The van der Waals surface area contributed by atoms with Crippen LogP contribution >= 0.6 is 11.8 Å². The molecule has 3 aromatic rings. The summed E-state index contributed by atoms with van der Waals surface area (Å²) in [5.41, 5.74) is 4.17. The van der Waals surface area contributed by atoms with Crippen molar-refractivity contribution < 1.29 is 4.74 Å². The van der Waals surface area contributed by atoms with Crippen LogP contribution in [0.2, 0.25) is 0 Å². The first kappa shape index (κ1) is 22.8. The van der Waals surface area contributed by atoms with Gasteiger partial charge < -0.3 is 15.4 Å². The minimum absolute atomic E-state index is 0.500. The monoisotopic (exact) mass is 488 g/mol. The van der Waals surface area contributed by atoms with Gasteiger partial charge in [0.05, 0.1) is 5.69 Å². The summed E-state index contributed by atoms with van der Waals surface area (Å²) in [5, 5.41) is 6.80. The minimum Gasteiger partial charge on any atom is -0.381 e. The van der Waals surface area contributed by atoms with Gasteiger partial charge in [0.2, 0.25) is 0 Å². The summed E-state index contributed by atoms with van der Waals surface area (Å²) in [6.45, 7) is 4.26. The molecule has 2 aromatic heterocycles. The van der Waals surface area contributed by atoms with Crippen LogP contribution in [0.4, 0.5) is 23.1 Å². The van der Waals surface area contributed by atoms with Crippen LogP contribution in [0.1, 0.15) is 43.0 Å². The van der Waals surface area contributed by atoms with E-state index in [9.17, 15) is 0 Å². The molecular weight excluding hydrogens is 456 g/mol. The summed E-state index contributed by atoms with van der Waals surface area (Å²) in [4.78, 5) is 17.7. The number of aryl methyl sites for hydroxylation is 1. The average Bonchev–Trinajstić information content (AvgIpc) is 2.88. The zero-order valence-electron chi connectivity index (χ0n) is 20.2. The standard InChI is InChI=1S/C27H32N6OS/c1-35-23-8-3-2-5-21(23)31-25-15-26(29-18-28-25)32-24-10-9-19-20(30-24)6-4-7-22(19)33-16-27(17-33)11-13-34-14-12-27/h2-3,5,8-10,15,18,22H,4,6-7,11-14,16-17H2,1H3,(H2,28,29,30,31,32). The quantitative estimate of drug-likeness (QED) is 0.436. The van der Waals surface area contributed by atoms with Crippen molar-refractivity contribution in [1.29, 1.82) is 0 Å². The minimum atomic E-state index is 0.500. The molecule has 3 aliphatic rings. The molecular formula is C27H32N6OS. The van der Waals surface area contributed by atoms with E-state index in [1.54, 1.807) is 18.1 Å². The molecule has 0 saturated carbocycles. The summed E-state index contributed by atoms with van der Waals surface area (Å²) < 4.78 is 5.60. The van der Waals surface area contributed by atoms with Crippen molar-refractivity contribution in [2.45, 2.75) is 43.0 Å². The smallest absolute Gasteiger partial charge is 0.137 e. The third-order valence-corrected chi connectivity index (χ3v) is 8.42. The number of fused-ring (bicyclic) bond motifs is 1. The van der Waals surface area contributed by atoms with E-state index >= 15 is 0 Å². The Morgan fingerprint density at radius 2 is 1.80 bits per heavy atom. The number of thioether (sulfide) groups is 1. The molecule has 8 heteroatoms. The molecule has 0 amide bonds. The highest BCUT2D eigenvalue weighted by molar-refractivity contribution is 7.98. The Morgan fingerprint density at radius 1 is 1.00 bits per heavy atom. The first-order valence-corrected chi connectivity index (χ1v) is 13.7. The highest BCUT2D eigenvalue weighted by Crippen LogP contribution is 2.46. The largest absolute Gasteiger partial charge is 0.381 e. The molecule has 2 saturated heterocycles. The van der Waals surface area contributed by atoms with Crippen molar-refractivity contribution in [3.63, 3.8) is 0 Å². The number of aromatic nitrogens is 3. The van der Waals surface area contributed by atoms with Gasteiger partial charge in [0.1, 0.15) is 23.8 Å². The maximum atomic E-state index is 5.60. The molecule has 0 radical (unpaired) electrons. The van der Waals surface area contributed by atoms with E-state index in [4.69, 9.17) is 9.72 Å². The van der Waals surface area contributed by atoms with Crippen LogP contribution in [0, 0.1) is 5.41 Å². The topological polar surface area (TPSA) is 75.2 Å². The normalized spacial score (nSPS) is 21.2. The van der Waals surface area contributed by atoms with E-state index in [2.05, 4.69) is 56.0 Å². The number of anilines is 4. The number of benzene rings is 1. The second-order valence-corrected chi connectivity index (χ2v) is 10.7. The Labute approximate surface area is 211 Å². The molecule has 7 nitrogen and oxygen atoms in total. The van der Waals surface area contributed by atoms with Crippen LogP contribution in [0.5, 0.6) is 0 Å². The number of likely N-dealkylation sites (tertiary alicyclic amines) is 1. The molecule has 4 heterocycles. The zero-order chi connectivity index (χ0) is 23.7. The fraction of sp³-hybridized carbons (Fsp3) is 0.444. The molecule has 182 valence electrons. The maximum Gasteiger partial charge on any atom is 0.137 e. The van der Waals surface area contributed by atoms with Gasteiger partial charge in [-0.15, -0.1) is 11.8 Å². The molecule has 2 fully saturated rings. The van der Waals surface area contributed by atoms with Crippen molar-refractivity contribution in [1.82, 2.24) is 19.9 Å². The number of hydrogen-bond donors (Lipinski definition) is 2. The number of rotatable bonds is 6. The van der Waals surface area contributed by atoms with Crippen LogP contribution < -0.4 is 10.6 Å². The van der Waals surface area contributed by atoms with Crippen LogP contribution in [-0.4, -0.2) is 52.4 Å². The Balaban J connectivity index is 1.15. The third-order valence-electron chi connectivity index (χ3n) is 7.62. The van der Waals surface area contributed by atoms with Crippen molar-refractivity contribution in [2.24, 2.45) is 5.41 Å². The lowest BCUT2D eigenvalue weighted by Gasteiger charge is -2.55. The number of ether oxygens (including phenoxy) is 1. The van der Waals surface area contributed by atoms with Gasteiger partial charge in [-0.05, 0) is 62.1 Å². The first-order valence-electron chi connectivity index (χ1n) is 12.5. The summed E-state index contributed by atoms with van der Waals surface area (Å²) in [6, 6.07) is 15.0. The summed E-state index contributed by atoms with van der Waals surface area (Å²) in [5.74, 6) is 2.32. The molecule has 6 rings (SSSR count). The van der Waals surface area contributed by atoms with Crippen molar-refractivity contribution in [3.8, 4) is 0 Å². The maximum absolute atomic E-state index is 5.60. The first-order chi connectivity index (χ1) is 17.2. The highest BCUT2D eigenvalue weighted by atomic mass is 32.2. The highest BCUT2D eigenvalue weighted by Gasteiger charge is 2.47. The number of para-hydroxylation sites is 1. The molecule has 0 bridgehead atoms. The van der Waals surface area contributed by atoms with E-state index in [1.807, 2.05) is 18.2 Å². The summed E-state index contributed by atoms with van der Waals surface area (Å²) in [6.07, 6.45) is 9.53. The van der Waals surface area contributed by atoms with E-state index < -0.39 is 0 Å². The lowest BCUT2D eigenvalue weighted by molar-refractivity contribution is -0.100. The van der Waals surface area contributed by atoms with Gasteiger partial charge in [-0.1, -0.05) is 18.2 Å². The number of nitrogens with zero attached hydrogens (tertiary/aromatic N) is 4. The second-order valence-electron chi connectivity index (χ2n) is 9.90. The van der Waals surface area contributed by atoms with Gasteiger partial charge in [0, 0.05) is 54.4 Å². The Kier molecular flexibility index (Phi) is 6.35. The Hall–Kier alpha value is -2.68. The van der Waals surface area contributed by atoms with Crippen molar-refractivity contribution in [2.75, 3.05) is 43.2 Å². The summed E-state index contributed by atoms with van der Waals surface area (Å²) in [7, 11) is 0. The second kappa shape index (κ2) is 9.76. The van der Waals surface area contributed by atoms with E-state index in [0.717, 1.165) is 42.8 Å². The van der Waals surface area contributed by atoms with Gasteiger partial charge in [-0.25, -0.2) is 15.0 Å². The van der Waals surface area contributed by atoms with Crippen LogP contribution in [-0.2, 0) is 11.2 Å². The lowest BCUT2D eigenvalue weighted by Crippen LogP contribution is -2.59. The van der Waals surface area contributed by atoms with Gasteiger partial charge >= 0.3 is 0 Å². The number of hydrogen-bond acceptors (Lipinski definition) is 8. The van der Waals surface area contributed by atoms with E-state index in [-0.39, 0.29) is 0 Å². The molecule has 1 unspecified atom stereocenters. The predicted molar refractivity (Wildman–Crippen MR) is 141 cm³/mol. The molecule has 1 atom stereocenters. The average molecular weight is 489 g/mol. The molecule has 2 N–H and O–H groups in total. The van der Waals surface area contributed by atoms with Crippen molar-refractivity contribution >= 4 is 34.9 Å². The van der Waals surface area contributed by atoms with Gasteiger partial charge in [-0.2, -0.15) is 0 Å². The third kappa shape index (κ3) is 4.75. The van der Waals surface area contributed by atoms with Crippen LogP contribution in [0.25, 0.3) is 0 Å². The lowest BCUT2D eigenvalue weighted by atomic mass is 9.71. The van der Waals surface area contributed by atoms with Gasteiger partial charge in [0.15, 0.2) is 0 Å². The molecule has 1 aromatic carbocycles. The van der Waals surface area contributed by atoms with E-state index in [1.165, 1.54) is 54.9 Å². The number of nitrogens with one attached hydrogen (secondary N) is 2. The molecule has 2 aliphatic heterocycles. The Morgan fingerprint density at radius 3 is 2.63 bits per heavy atom. The SMILES string of the molecule is CSc1ccccc1Nc1cc(Nc2ccc3c(n2)CCCC3N2CC3(CCOCC3)C2)ncn1. The fourth-order valence-electron chi connectivity index (χ4n) is 5.75. The predicted octanol–water partition coefficient (Wildman–Crippen LogP) is 5.57. The molecule has 1 spiro atoms. The molecule has 35 heavy (non-hydrogen) atoms. The van der Waals surface area contributed by atoms with Crippen LogP contribution in [0.3, 0.4) is 0 Å². The van der Waals surface area contributed by atoms with Crippen molar-refractivity contribution in [3.05, 3.63) is 60.0 Å². The number of pyridine rings is 1. The fourth-order valence-corrected chi connectivity index (χ4v) is 6.30.